The van der Waals surface area contributed by atoms with Gasteiger partial charge in [0.2, 0.25) is 5.91 Å². The summed E-state index contributed by atoms with van der Waals surface area (Å²) in [5, 5.41) is 11.2. The van der Waals surface area contributed by atoms with Gasteiger partial charge < -0.3 is 24.4 Å². The Morgan fingerprint density at radius 2 is 1.77 bits per heavy atom. The Labute approximate surface area is 227 Å². The molecule has 8 heteroatoms. The molecule has 204 valence electrons. The van der Waals surface area contributed by atoms with Gasteiger partial charge in [0, 0.05) is 25.4 Å². The van der Waals surface area contributed by atoms with Crippen molar-refractivity contribution < 1.29 is 29.0 Å². The summed E-state index contributed by atoms with van der Waals surface area (Å²) in [5.74, 6) is -2.54. The van der Waals surface area contributed by atoms with E-state index in [1.807, 2.05) is 66.8 Å². The van der Waals surface area contributed by atoms with Gasteiger partial charge in [0.05, 0.1) is 18.6 Å². The van der Waals surface area contributed by atoms with Gasteiger partial charge in [0.25, 0.3) is 5.91 Å². The van der Waals surface area contributed by atoms with Gasteiger partial charge in [-0.3, -0.25) is 14.4 Å². The highest BCUT2D eigenvalue weighted by Gasteiger charge is 2.71. The van der Waals surface area contributed by atoms with Crippen LogP contribution in [0.3, 0.4) is 0 Å². The van der Waals surface area contributed by atoms with Gasteiger partial charge in [-0.25, -0.2) is 0 Å². The number of amides is 2. The van der Waals surface area contributed by atoms with Crippen molar-refractivity contribution in [1.29, 1.82) is 0 Å². The summed E-state index contributed by atoms with van der Waals surface area (Å²) in [6, 6.07) is 13.0. The predicted molar refractivity (Wildman–Crippen MR) is 146 cm³/mol. The Morgan fingerprint density at radius 3 is 2.62 bits per heavy atom. The van der Waals surface area contributed by atoms with Crippen molar-refractivity contribution in [3.05, 3.63) is 66.8 Å². The van der Waals surface area contributed by atoms with Crippen molar-refractivity contribution in [2.24, 2.45) is 11.8 Å². The number of benzene rings is 2. The molecule has 0 aromatic heterocycles. The second kappa shape index (κ2) is 10.6. The number of fused-ring (bicyclic) bond motifs is 3. The van der Waals surface area contributed by atoms with Gasteiger partial charge in [-0.05, 0) is 42.2 Å². The van der Waals surface area contributed by atoms with Crippen LogP contribution < -0.4 is 4.90 Å². The Balaban J connectivity index is 1.39. The van der Waals surface area contributed by atoms with Crippen LogP contribution in [0, 0.1) is 11.8 Å². The maximum atomic E-state index is 14.5. The van der Waals surface area contributed by atoms with Crippen LogP contribution >= 0.6 is 0 Å². The number of hydrogen-bond donors (Lipinski definition) is 1. The fourth-order valence-electron chi connectivity index (χ4n) is 6.67. The number of nitrogens with zero attached hydrogens (tertiary/aromatic N) is 2. The molecule has 5 atom stereocenters. The minimum atomic E-state index is -1.26. The van der Waals surface area contributed by atoms with E-state index in [1.165, 1.54) is 0 Å². The molecule has 0 saturated carbocycles. The number of carbonyl (C=O) groups excluding carboxylic acids is 3. The van der Waals surface area contributed by atoms with E-state index in [2.05, 4.69) is 0 Å². The quantitative estimate of drug-likeness (QED) is 0.335. The van der Waals surface area contributed by atoms with Crippen LogP contribution in [-0.4, -0.2) is 71.8 Å². The zero-order valence-corrected chi connectivity index (χ0v) is 21.9. The van der Waals surface area contributed by atoms with Crippen LogP contribution in [0.25, 0.3) is 10.8 Å². The lowest BCUT2D eigenvalue weighted by atomic mass is 9.77. The third-order valence-corrected chi connectivity index (χ3v) is 8.47. The number of hydrogen-bond acceptors (Lipinski definition) is 6. The van der Waals surface area contributed by atoms with Crippen LogP contribution in [0.4, 0.5) is 5.69 Å². The van der Waals surface area contributed by atoms with E-state index >= 15 is 0 Å². The smallest absolute Gasteiger partial charge is 0.312 e. The van der Waals surface area contributed by atoms with Gasteiger partial charge >= 0.3 is 5.97 Å². The Kier molecular flexibility index (Phi) is 6.99. The Hall–Kier alpha value is -3.49. The van der Waals surface area contributed by atoms with E-state index in [0.717, 1.165) is 29.3 Å². The summed E-state index contributed by atoms with van der Waals surface area (Å²) in [4.78, 5) is 45.1. The first kappa shape index (κ1) is 25.8. The lowest BCUT2D eigenvalue weighted by Gasteiger charge is -2.35. The minimum absolute atomic E-state index is 0.132. The van der Waals surface area contributed by atoms with Gasteiger partial charge in [0.15, 0.2) is 0 Å². The lowest BCUT2D eigenvalue weighted by molar-refractivity contribution is -0.154. The van der Waals surface area contributed by atoms with Crippen molar-refractivity contribution in [2.75, 3.05) is 31.2 Å². The molecule has 1 N–H and O–H groups in total. The maximum Gasteiger partial charge on any atom is 0.312 e. The molecule has 2 fully saturated rings. The molecule has 1 spiro atoms. The highest BCUT2D eigenvalue weighted by molar-refractivity contribution is 6.06. The molecule has 4 aliphatic rings. The highest BCUT2D eigenvalue weighted by Crippen LogP contribution is 2.53. The summed E-state index contributed by atoms with van der Waals surface area (Å²) in [5.41, 5.74) is -0.504. The first-order valence-corrected chi connectivity index (χ1v) is 14.0. The lowest BCUT2D eigenvalue weighted by Crippen LogP contribution is -2.55. The summed E-state index contributed by atoms with van der Waals surface area (Å²) in [6.07, 6.45) is 10.5. The molecule has 2 aromatic carbocycles. The van der Waals surface area contributed by atoms with Crippen LogP contribution in [0.5, 0.6) is 0 Å². The zero-order valence-electron chi connectivity index (χ0n) is 21.9. The van der Waals surface area contributed by atoms with Gasteiger partial charge in [0.1, 0.15) is 17.6 Å². The number of aliphatic hydroxyl groups is 1. The first-order valence-electron chi connectivity index (χ1n) is 14.0. The molecule has 2 unspecified atom stereocenters. The molecular weight excluding hydrogens is 496 g/mol. The molecule has 4 aliphatic heterocycles. The largest absolute Gasteiger partial charge is 0.465 e. The number of ether oxygens (including phenoxy) is 2. The van der Waals surface area contributed by atoms with E-state index in [9.17, 15) is 14.4 Å². The minimum Gasteiger partial charge on any atom is -0.465 e. The molecule has 0 bridgehead atoms. The van der Waals surface area contributed by atoms with Crippen molar-refractivity contribution >= 4 is 34.2 Å². The standard InChI is InChI=1S/C31H34N2O6/c34-18-7-2-1-6-16-33-27-29(36)32(23-14-13-21-10-3-4-11-22(21)20-23)17-9-15-31(27)26(28(33)35)25-24(39-31)12-5-8-19-38-30(25)37/h3-5,9-15,20,24-27,34H,1-2,6-8,16-19H2/t24-,25?,26+,27-,31?/m1/s1. The molecule has 39 heavy (non-hydrogen) atoms. The average Bonchev–Trinajstić information content (AvgIpc) is 3.31. The van der Waals surface area contributed by atoms with E-state index in [0.29, 0.717) is 32.4 Å². The first-order chi connectivity index (χ1) is 19.0. The molecule has 2 aromatic rings. The van der Waals surface area contributed by atoms with Crippen molar-refractivity contribution in [2.45, 2.75) is 49.9 Å². The van der Waals surface area contributed by atoms with Crippen LogP contribution in [0.2, 0.25) is 0 Å². The van der Waals surface area contributed by atoms with Crippen molar-refractivity contribution in [1.82, 2.24) is 4.90 Å². The van der Waals surface area contributed by atoms with E-state index in [1.54, 1.807) is 9.80 Å². The predicted octanol–water partition coefficient (Wildman–Crippen LogP) is 3.38. The second-order valence-electron chi connectivity index (χ2n) is 10.8. The number of carbonyl (C=O) groups is 3. The summed E-state index contributed by atoms with van der Waals surface area (Å²) < 4.78 is 12.1. The molecule has 0 aliphatic carbocycles. The van der Waals surface area contributed by atoms with Gasteiger partial charge in [-0.15, -0.1) is 0 Å². The van der Waals surface area contributed by atoms with Crippen LogP contribution in [0.15, 0.2) is 66.8 Å². The van der Waals surface area contributed by atoms with Crippen molar-refractivity contribution in [3.63, 3.8) is 0 Å². The fourth-order valence-corrected chi connectivity index (χ4v) is 6.67. The van der Waals surface area contributed by atoms with Crippen LogP contribution in [0.1, 0.15) is 32.1 Å². The molecule has 2 saturated heterocycles. The fraction of sp³-hybridized carbons (Fsp3) is 0.452. The molecule has 0 radical (unpaired) electrons. The molecule has 4 heterocycles. The van der Waals surface area contributed by atoms with Gasteiger partial charge in [-0.2, -0.15) is 0 Å². The number of aliphatic hydroxyl groups excluding tert-OH is 1. The van der Waals surface area contributed by atoms with E-state index < -0.39 is 35.6 Å². The number of rotatable bonds is 7. The molecule has 6 rings (SSSR count). The van der Waals surface area contributed by atoms with Crippen molar-refractivity contribution in [3.8, 4) is 0 Å². The molecule has 8 nitrogen and oxygen atoms in total. The normalized spacial score (nSPS) is 30.0. The topological polar surface area (TPSA) is 96.4 Å². The third kappa shape index (κ3) is 4.36. The molecular formula is C31H34N2O6. The van der Waals surface area contributed by atoms with E-state index in [-0.39, 0.29) is 25.0 Å². The molecule has 2 amide bonds. The highest BCUT2D eigenvalue weighted by atomic mass is 16.6. The monoisotopic (exact) mass is 530 g/mol. The van der Waals surface area contributed by atoms with Gasteiger partial charge in [-0.1, -0.05) is 67.5 Å². The number of anilines is 1. The number of likely N-dealkylation sites (tertiary alicyclic amines) is 1. The summed E-state index contributed by atoms with van der Waals surface area (Å²) >= 11 is 0. The van der Waals surface area contributed by atoms with Crippen LogP contribution in [-0.2, 0) is 23.9 Å². The van der Waals surface area contributed by atoms with E-state index in [4.69, 9.17) is 14.6 Å². The number of unbranched alkanes of at least 4 members (excludes halogenated alkanes) is 3. The average molecular weight is 531 g/mol. The maximum absolute atomic E-state index is 14.5. The Morgan fingerprint density at radius 1 is 0.949 bits per heavy atom. The number of esters is 1. The SMILES string of the molecule is O=C1OCCC=C[C@H]2OC34C=CCN(c5ccc6ccccc6c5)C(=O)[C@H]3N(CCCCCCO)C(=O)[C@@H]4C12. The summed E-state index contributed by atoms with van der Waals surface area (Å²) in [7, 11) is 0. The zero-order chi connectivity index (χ0) is 27.0. The Bertz CT molecular complexity index is 1340. The third-order valence-electron chi connectivity index (χ3n) is 8.47. The second-order valence-corrected chi connectivity index (χ2v) is 10.8. The number of cyclic esters (lactones) is 1. The summed E-state index contributed by atoms with van der Waals surface area (Å²) in [6.45, 7) is 1.10.